The molecule has 4 amide bonds. The minimum atomic E-state index is -1.00. The highest BCUT2D eigenvalue weighted by molar-refractivity contribution is 6.00. The highest BCUT2D eigenvalue weighted by atomic mass is 16.5. The van der Waals surface area contributed by atoms with Crippen molar-refractivity contribution in [2.24, 2.45) is 5.92 Å². The van der Waals surface area contributed by atoms with Crippen molar-refractivity contribution in [2.75, 3.05) is 33.3 Å². The van der Waals surface area contributed by atoms with E-state index in [1.165, 1.54) is 0 Å². The third-order valence-electron chi connectivity index (χ3n) is 5.40. The lowest BCUT2D eigenvalue weighted by Crippen LogP contribution is -2.49. The minimum absolute atomic E-state index is 0.0479. The number of benzene rings is 1. The zero-order valence-electron chi connectivity index (χ0n) is 17.8. The van der Waals surface area contributed by atoms with Gasteiger partial charge in [-0.15, -0.1) is 0 Å². The predicted octanol–water partition coefficient (Wildman–Crippen LogP) is 0.449. The molecule has 1 heterocycles. The zero-order chi connectivity index (χ0) is 22.2. The van der Waals surface area contributed by atoms with Crippen LogP contribution in [0.3, 0.4) is 0 Å². The molecule has 0 aromatic heterocycles. The van der Waals surface area contributed by atoms with Crippen LogP contribution in [0.25, 0.3) is 0 Å². The average molecular weight is 431 g/mol. The number of rotatable bonds is 3. The summed E-state index contributed by atoms with van der Waals surface area (Å²) in [5, 5.41) is 8.25. The zero-order valence-corrected chi connectivity index (χ0v) is 17.8. The number of carbonyl (C=O) groups is 4. The summed E-state index contributed by atoms with van der Waals surface area (Å²) in [6.07, 6.45) is 2.77. The quantitative estimate of drug-likeness (QED) is 0.644. The van der Waals surface area contributed by atoms with Crippen molar-refractivity contribution in [2.45, 2.75) is 38.1 Å². The van der Waals surface area contributed by atoms with Gasteiger partial charge < -0.3 is 25.6 Å². The van der Waals surface area contributed by atoms with Crippen molar-refractivity contribution in [3.05, 3.63) is 29.8 Å². The second-order valence-electron chi connectivity index (χ2n) is 8.03. The van der Waals surface area contributed by atoms with Crippen LogP contribution in [0.1, 0.15) is 42.5 Å². The van der Waals surface area contributed by atoms with Crippen LogP contribution < -0.4 is 20.7 Å². The summed E-state index contributed by atoms with van der Waals surface area (Å²) in [6.45, 7) is 1.46. The van der Waals surface area contributed by atoms with Gasteiger partial charge in [-0.2, -0.15) is 0 Å². The third kappa shape index (κ3) is 6.97. The fraction of sp³-hybridized carbons (Fsp3) is 0.545. The number of likely N-dealkylation sites (N-methyl/N-ethyl adjacent to an activating group) is 1. The molecule has 1 aromatic rings. The molecule has 1 atom stereocenters. The van der Waals surface area contributed by atoms with Crippen molar-refractivity contribution < 1.29 is 23.9 Å². The number of amides is 4. The van der Waals surface area contributed by atoms with Crippen molar-refractivity contribution in [3.8, 4) is 5.75 Å². The van der Waals surface area contributed by atoms with Gasteiger partial charge in [-0.3, -0.25) is 19.2 Å². The number of nitrogens with zero attached hydrogens (tertiary/aromatic N) is 1. The maximum atomic E-state index is 12.9. The average Bonchev–Trinajstić information content (AvgIpc) is 3.58. The number of para-hydroxylation sites is 1. The molecular weight excluding hydrogens is 400 g/mol. The standard InChI is InChI=1S/C22H30N4O5/c1-26-11-12-31-18-6-3-2-5-16(18)21(29)25-17(22(30)24-14-15-8-9-15)13-19(27)23-10-4-7-20(26)28/h2-3,5-6,15,17H,4,7-14H2,1H3,(H,23,27)(H,24,30)(H,25,29)/t17-/m0/s1. The summed E-state index contributed by atoms with van der Waals surface area (Å²) >= 11 is 0. The van der Waals surface area contributed by atoms with Crippen LogP contribution in [0, 0.1) is 5.92 Å². The molecule has 3 rings (SSSR count). The first-order valence-electron chi connectivity index (χ1n) is 10.7. The van der Waals surface area contributed by atoms with Crippen LogP contribution in [0.15, 0.2) is 24.3 Å². The van der Waals surface area contributed by atoms with Crippen molar-refractivity contribution in [3.63, 3.8) is 0 Å². The first kappa shape index (κ1) is 22.6. The Hall–Kier alpha value is -3.10. The van der Waals surface area contributed by atoms with E-state index >= 15 is 0 Å². The molecule has 1 aliphatic carbocycles. The van der Waals surface area contributed by atoms with Crippen LogP contribution in [0.2, 0.25) is 0 Å². The molecule has 0 unspecified atom stereocenters. The van der Waals surface area contributed by atoms with Gasteiger partial charge >= 0.3 is 0 Å². The fourth-order valence-corrected chi connectivity index (χ4v) is 3.25. The molecule has 0 bridgehead atoms. The third-order valence-corrected chi connectivity index (χ3v) is 5.40. The van der Waals surface area contributed by atoms with Gasteiger partial charge in [0.05, 0.1) is 18.5 Å². The number of hydrogen-bond donors (Lipinski definition) is 3. The molecule has 1 aromatic carbocycles. The number of nitrogens with one attached hydrogen (secondary N) is 3. The molecule has 168 valence electrons. The summed E-state index contributed by atoms with van der Waals surface area (Å²) in [5.41, 5.74) is 0.268. The minimum Gasteiger partial charge on any atom is -0.491 e. The molecule has 3 N–H and O–H groups in total. The number of ether oxygens (including phenoxy) is 1. The van der Waals surface area contributed by atoms with Gasteiger partial charge in [0.2, 0.25) is 17.7 Å². The van der Waals surface area contributed by atoms with E-state index in [-0.39, 0.29) is 36.3 Å². The Balaban J connectivity index is 1.76. The molecule has 1 aliphatic heterocycles. The molecule has 0 radical (unpaired) electrons. The Kier molecular flexibility index (Phi) is 7.86. The topological polar surface area (TPSA) is 117 Å². The van der Waals surface area contributed by atoms with E-state index in [1.54, 1.807) is 36.2 Å². The number of hydrogen-bond acceptors (Lipinski definition) is 5. The van der Waals surface area contributed by atoms with Crippen LogP contribution in [0.5, 0.6) is 5.75 Å². The fourth-order valence-electron chi connectivity index (χ4n) is 3.25. The second kappa shape index (κ2) is 10.8. The highest BCUT2D eigenvalue weighted by Crippen LogP contribution is 2.27. The van der Waals surface area contributed by atoms with Gasteiger partial charge in [0.1, 0.15) is 18.4 Å². The van der Waals surface area contributed by atoms with Crippen LogP contribution in [-0.2, 0) is 14.4 Å². The van der Waals surface area contributed by atoms with Crippen molar-refractivity contribution in [1.82, 2.24) is 20.9 Å². The lowest BCUT2D eigenvalue weighted by molar-refractivity contribution is -0.130. The molecule has 31 heavy (non-hydrogen) atoms. The summed E-state index contributed by atoms with van der Waals surface area (Å²) < 4.78 is 5.75. The highest BCUT2D eigenvalue weighted by Gasteiger charge is 2.28. The van der Waals surface area contributed by atoms with E-state index in [0.29, 0.717) is 44.1 Å². The maximum Gasteiger partial charge on any atom is 0.255 e. The Labute approximate surface area is 181 Å². The van der Waals surface area contributed by atoms with E-state index in [0.717, 1.165) is 12.8 Å². The van der Waals surface area contributed by atoms with Crippen molar-refractivity contribution in [1.29, 1.82) is 0 Å². The van der Waals surface area contributed by atoms with E-state index in [2.05, 4.69) is 16.0 Å². The lowest BCUT2D eigenvalue weighted by atomic mass is 10.1. The normalized spacial score (nSPS) is 21.4. The first-order chi connectivity index (χ1) is 14.9. The molecule has 0 saturated heterocycles. The van der Waals surface area contributed by atoms with E-state index in [9.17, 15) is 19.2 Å². The maximum absolute atomic E-state index is 12.9. The van der Waals surface area contributed by atoms with Gasteiger partial charge in [0.15, 0.2) is 0 Å². The number of carbonyl (C=O) groups excluding carboxylic acids is 4. The summed E-state index contributed by atoms with van der Waals surface area (Å²) in [5.74, 6) is -0.449. The largest absolute Gasteiger partial charge is 0.491 e. The van der Waals surface area contributed by atoms with Crippen molar-refractivity contribution >= 4 is 23.6 Å². The predicted molar refractivity (Wildman–Crippen MR) is 113 cm³/mol. The monoisotopic (exact) mass is 430 g/mol. The molecular formula is C22H30N4O5. The smallest absolute Gasteiger partial charge is 0.255 e. The molecule has 9 heteroatoms. The lowest BCUT2D eigenvalue weighted by Gasteiger charge is -2.21. The van der Waals surface area contributed by atoms with Crippen LogP contribution in [0.4, 0.5) is 0 Å². The van der Waals surface area contributed by atoms with E-state index < -0.39 is 11.9 Å². The van der Waals surface area contributed by atoms with Gasteiger partial charge in [-0.25, -0.2) is 0 Å². The SMILES string of the molecule is CN1CCOc2ccccc2C(=O)N[C@H](C(=O)NCC2CC2)CC(=O)NCCCC1=O. The van der Waals surface area contributed by atoms with Gasteiger partial charge in [-0.1, -0.05) is 12.1 Å². The Morgan fingerprint density at radius 3 is 2.77 bits per heavy atom. The summed E-state index contributed by atoms with van der Waals surface area (Å²) in [4.78, 5) is 51.7. The molecule has 0 spiro atoms. The van der Waals surface area contributed by atoms with E-state index in [1.807, 2.05) is 0 Å². The molecule has 1 saturated carbocycles. The van der Waals surface area contributed by atoms with E-state index in [4.69, 9.17) is 4.74 Å². The Bertz CT molecular complexity index is 824. The second-order valence-corrected chi connectivity index (χ2v) is 8.03. The Morgan fingerprint density at radius 1 is 1.23 bits per heavy atom. The number of fused-ring (bicyclic) bond motifs is 1. The van der Waals surface area contributed by atoms with Crippen LogP contribution in [-0.4, -0.2) is 67.9 Å². The van der Waals surface area contributed by atoms with Gasteiger partial charge in [0, 0.05) is 26.6 Å². The molecule has 2 aliphatic rings. The molecule has 1 fully saturated rings. The first-order valence-corrected chi connectivity index (χ1v) is 10.7. The summed E-state index contributed by atoms with van der Waals surface area (Å²) in [7, 11) is 1.69. The molecule has 9 nitrogen and oxygen atoms in total. The van der Waals surface area contributed by atoms with Gasteiger partial charge in [-0.05, 0) is 37.3 Å². The Morgan fingerprint density at radius 2 is 2.00 bits per heavy atom. The summed E-state index contributed by atoms with van der Waals surface area (Å²) in [6, 6.07) is 5.70. The van der Waals surface area contributed by atoms with Gasteiger partial charge in [0.25, 0.3) is 5.91 Å². The van der Waals surface area contributed by atoms with Crippen LogP contribution >= 0.6 is 0 Å².